The lowest BCUT2D eigenvalue weighted by Crippen LogP contribution is -2.09. The first kappa shape index (κ1) is 23.6. The quantitative estimate of drug-likeness (QED) is 0.195. The summed E-state index contributed by atoms with van der Waals surface area (Å²) in [5.74, 6) is -0.198. The number of hydrogen-bond donors (Lipinski definition) is 0. The molecule has 0 aliphatic rings. The van der Waals surface area contributed by atoms with E-state index in [0.29, 0.717) is 6.42 Å². The summed E-state index contributed by atoms with van der Waals surface area (Å²) in [5.41, 5.74) is 0.954. The maximum absolute atomic E-state index is 12.5. The molecule has 27 heavy (non-hydrogen) atoms. The summed E-state index contributed by atoms with van der Waals surface area (Å²) in [6.45, 7) is 5.98. The van der Waals surface area contributed by atoms with Gasteiger partial charge in [0.05, 0.1) is 16.0 Å². The molecule has 0 aliphatic carbocycles. The molecule has 0 radical (unpaired) electrons. The number of Topliss-reactive ketones (excluding diaryl/α,β-unsaturated/α-hetero) is 1. The van der Waals surface area contributed by atoms with Gasteiger partial charge in [0, 0.05) is 12.5 Å². The fraction of sp³-hybridized carbons (Fsp3) is 0.500. The second-order valence-corrected chi connectivity index (χ2v) is 8.69. The van der Waals surface area contributed by atoms with Crippen LogP contribution < -0.4 is 0 Å². The first-order valence-electron chi connectivity index (χ1n) is 9.25. The molecular formula is C20H28BrNO4S. The summed E-state index contributed by atoms with van der Waals surface area (Å²) in [7, 11) is -3.91. The Balaban J connectivity index is 2.89. The van der Waals surface area contributed by atoms with Crippen molar-refractivity contribution in [1.82, 2.24) is 0 Å². The van der Waals surface area contributed by atoms with Crippen LogP contribution in [0.3, 0.4) is 0 Å². The number of halogens is 1. The Hall–Kier alpha value is -1.47. The van der Waals surface area contributed by atoms with E-state index in [1.54, 1.807) is 19.1 Å². The molecule has 1 aromatic rings. The largest absolute Gasteiger partial charge is 0.477 e. The van der Waals surface area contributed by atoms with Crippen molar-refractivity contribution in [3.63, 3.8) is 0 Å². The highest BCUT2D eigenvalue weighted by molar-refractivity contribution is 9.12. The average molecular weight is 458 g/mol. The average Bonchev–Trinajstić information content (AvgIpc) is 2.61. The molecule has 0 amide bonds. The fourth-order valence-corrected chi connectivity index (χ4v) is 3.64. The van der Waals surface area contributed by atoms with Crippen LogP contribution in [0.15, 0.2) is 44.1 Å². The lowest BCUT2D eigenvalue weighted by atomic mass is 10.1. The van der Waals surface area contributed by atoms with Crippen molar-refractivity contribution in [2.45, 2.75) is 64.2 Å². The number of allylic oxidation sites excluding steroid dienone is 1. The van der Waals surface area contributed by atoms with Crippen molar-refractivity contribution in [1.29, 1.82) is 0 Å². The summed E-state index contributed by atoms with van der Waals surface area (Å²) in [6, 6.07) is 6.41. The molecule has 0 bridgehead atoms. The second kappa shape index (κ2) is 12.1. The van der Waals surface area contributed by atoms with E-state index in [9.17, 15) is 13.2 Å². The molecule has 7 heteroatoms. The standard InChI is InChI=1S/C20H28BrNO4S/c1-4-6-7-8-9-10-19(23)18(21)15-20(26-5-2)22-27(24,25)17-13-11-16(3)12-14-17/h11-15H,4-10H2,1-3H3/b18-15+,22-20-. The lowest BCUT2D eigenvalue weighted by Gasteiger charge is -2.06. The van der Waals surface area contributed by atoms with Crippen molar-refractivity contribution in [3.8, 4) is 0 Å². The van der Waals surface area contributed by atoms with Gasteiger partial charge in [-0.25, -0.2) is 0 Å². The highest BCUT2D eigenvalue weighted by Gasteiger charge is 2.15. The zero-order valence-corrected chi connectivity index (χ0v) is 18.6. The number of rotatable bonds is 11. The van der Waals surface area contributed by atoms with Crippen molar-refractivity contribution in [2.24, 2.45) is 4.40 Å². The molecule has 0 unspecified atom stereocenters. The second-order valence-electron chi connectivity index (χ2n) is 6.23. The van der Waals surface area contributed by atoms with Gasteiger partial charge < -0.3 is 4.74 Å². The summed E-state index contributed by atoms with van der Waals surface area (Å²) >= 11 is 3.23. The van der Waals surface area contributed by atoms with Gasteiger partial charge in [-0.15, -0.1) is 4.40 Å². The third kappa shape index (κ3) is 8.84. The molecule has 1 rings (SSSR count). The van der Waals surface area contributed by atoms with Gasteiger partial charge in [-0.2, -0.15) is 8.42 Å². The van der Waals surface area contributed by atoms with E-state index < -0.39 is 10.0 Å². The third-order valence-corrected chi connectivity index (χ3v) is 5.80. The zero-order chi connectivity index (χ0) is 20.3. The number of aryl methyl sites for hydroxylation is 1. The number of ether oxygens (including phenoxy) is 1. The molecule has 0 atom stereocenters. The van der Waals surface area contributed by atoms with Crippen LogP contribution in [0, 0.1) is 6.92 Å². The van der Waals surface area contributed by atoms with E-state index >= 15 is 0 Å². The third-order valence-electron chi connectivity index (χ3n) is 3.85. The van der Waals surface area contributed by atoms with Gasteiger partial charge in [0.2, 0.25) is 5.90 Å². The Labute approximate surface area is 171 Å². The highest BCUT2D eigenvalue weighted by atomic mass is 79.9. The van der Waals surface area contributed by atoms with Gasteiger partial charge in [0.15, 0.2) is 5.78 Å². The van der Waals surface area contributed by atoms with Crippen LogP contribution in [0.2, 0.25) is 0 Å². The number of benzene rings is 1. The lowest BCUT2D eigenvalue weighted by molar-refractivity contribution is -0.114. The predicted octanol–water partition coefficient (Wildman–Crippen LogP) is 5.33. The minimum atomic E-state index is -3.91. The summed E-state index contributed by atoms with van der Waals surface area (Å²) in [5, 5.41) is 0. The van der Waals surface area contributed by atoms with Crippen LogP contribution in [0.25, 0.3) is 0 Å². The molecule has 0 spiro atoms. The van der Waals surface area contributed by atoms with E-state index in [1.165, 1.54) is 24.6 Å². The van der Waals surface area contributed by atoms with Crippen molar-refractivity contribution in [2.75, 3.05) is 6.61 Å². The minimum absolute atomic E-state index is 0.0806. The maximum atomic E-state index is 12.5. The Morgan fingerprint density at radius 3 is 2.33 bits per heavy atom. The predicted molar refractivity (Wildman–Crippen MR) is 113 cm³/mol. The monoisotopic (exact) mass is 457 g/mol. The normalized spacial score (nSPS) is 12.9. The maximum Gasteiger partial charge on any atom is 0.285 e. The van der Waals surface area contributed by atoms with Gasteiger partial charge in [0.25, 0.3) is 10.0 Å². The molecule has 0 aromatic heterocycles. The van der Waals surface area contributed by atoms with Crippen LogP contribution in [-0.4, -0.2) is 26.7 Å². The summed E-state index contributed by atoms with van der Waals surface area (Å²) < 4.78 is 34.2. The van der Waals surface area contributed by atoms with E-state index in [2.05, 4.69) is 27.3 Å². The molecule has 0 N–H and O–H groups in total. The Bertz CT molecular complexity index is 768. The Morgan fingerprint density at radius 1 is 1.11 bits per heavy atom. The first-order chi connectivity index (χ1) is 12.8. The highest BCUT2D eigenvalue weighted by Crippen LogP contribution is 2.17. The first-order valence-corrected chi connectivity index (χ1v) is 11.5. The number of sulfonamides is 1. The van der Waals surface area contributed by atoms with Crippen molar-refractivity contribution in [3.05, 3.63) is 40.4 Å². The van der Waals surface area contributed by atoms with E-state index in [-0.39, 0.29) is 27.7 Å². The molecular weight excluding hydrogens is 430 g/mol. The van der Waals surface area contributed by atoms with E-state index in [4.69, 9.17) is 4.74 Å². The topological polar surface area (TPSA) is 72.8 Å². The molecule has 0 heterocycles. The van der Waals surface area contributed by atoms with Crippen LogP contribution in [-0.2, 0) is 19.6 Å². The smallest absolute Gasteiger partial charge is 0.285 e. The molecule has 1 aromatic carbocycles. The molecule has 0 fully saturated rings. The molecule has 150 valence electrons. The van der Waals surface area contributed by atoms with E-state index in [1.807, 2.05) is 6.92 Å². The van der Waals surface area contributed by atoms with Crippen molar-refractivity contribution < 1.29 is 17.9 Å². The number of carbonyl (C=O) groups is 1. The zero-order valence-electron chi connectivity index (χ0n) is 16.2. The Kier molecular flexibility index (Phi) is 10.5. The Morgan fingerprint density at radius 2 is 1.74 bits per heavy atom. The summed E-state index contributed by atoms with van der Waals surface area (Å²) in [6.07, 6.45) is 7.00. The number of ketones is 1. The number of nitrogens with zero attached hydrogens (tertiary/aromatic N) is 1. The van der Waals surface area contributed by atoms with Crippen LogP contribution in [0.4, 0.5) is 0 Å². The molecule has 5 nitrogen and oxygen atoms in total. The summed E-state index contributed by atoms with van der Waals surface area (Å²) in [4.78, 5) is 12.3. The number of carbonyl (C=O) groups excluding carboxylic acids is 1. The number of hydrogen-bond acceptors (Lipinski definition) is 4. The van der Waals surface area contributed by atoms with Gasteiger partial charge in [0.1, 0.15) is 0 Å². The van der Waals surface area contributed by atoms with Crippen molar-refractivity contribution >= 4 is 37.6 Å². The SMILES string of the molecule is CCCCCCCC(=O)/C(Br)=C\C(=N\S(=O)(=O)c1ccc(C)cc1)OCC. The van der Waals surface area contributed by atoms with Gasteiger partial charge in [-0.3, -0.25) is 4.79 Å². The molecule has 0 saturated carbocycles. The van der Waals surface area contributed by atoms with Crippen LogP contribution >= 0.6 is 15.9 Å². The van der Waals surface area contributed by atoms with E-state index in [0.717, 1.165) is 31.2 Å². The molecule has 0 saturated heterocycles. The van der Waals surface area contributed by atoms with Crippen LogP contribution in [0.5, 0.6) is 0 Å². The minimum Gasteiger partial charge on any atom is -0.477 e. The number of unbranched alkanes of at least 4 members (excludes halogenated alkanes) is 4. The fourth-order valence-electron chi connectivity index (χ4n) is 2.32. The van der Waals surface area contributed by atoms with Gasteiger partial charge in [-0.05, 0) is 48.3 Å². The van der Waals surface area contributed by atoms with Gasteiger partial charge >= 0.3 is 0 Å². The molecule has 0 aliphatic heterocycles. The van der Waals surface area contributed by atoms with Gasteiger partial charge in [-0.1, -0.05) is 50.3 Å². The van der Waals surface area contributed by atoms with Crippen LogP contribution in [0.1, 0.15) is 57.9 Å².